The molecule has 0 saturated carbocycles. The molecule has 1 nitrogen and oxygen atoms in total. The average molecular weight is 247 g/mol. The molecule has 0 aliphatic carbocycles. The largest absolute Gasteiger partial charge is 0.381 e. The lowest BCUT2D eigenvalue weighted by Gasteiger charge is -2.03. The molecule has 0 heterocycles. The van der Waals surface area contributed by atoms with Gasteiger partial charge >= 0.3 is 0 Å². The molecule has 0 N–H and O–H groups in total. The molecule has 18 heavy (non-hydrogen) atoms. The second-order valence-corrected chi connectivity index (χ2v) is 4.82. The highest BCUT2D eigenvalue weighted by atomic mass is 16.5. The maximum atomic E-state index is 5.41. The third-order valence-corrected chi connectivity index (χ3v) is 3.14. The smallest absolute Gasteiger partial charge is 0.0466 e. The van der Waals surface area contributed by atoms with E-state index in [4.69, 9.17) is 4.74 Å². The molecule has 0 fully saturated rings. The van der Waals surface area contributed by atoms with Gasteiger partial charge in [0.2, 0.25) is 0 Å². The summed E-state index contributed by atoms with van der Waals surface area (Å²) < 4.78 is 5.41. The molecular formula is C17H27O. The van der Waals surface area contributed by atoms with Crippen LogP contribution in [0, 0.1) is 6.92 Å². The molecule has 101 valence electrons. The zero-order valence-corrected chi connectivity index (χ0v) is 11.6. The Hall–Kier alpha value is -0.820. The summed E-state index contributed by atoms with van der Waals surface area (Å²) in [7, 11) is 0. The van der Waals surface area contributed by atoms with Gasteiger partial charge in [-0.25, -0.2) is 0 Å². The Labute approximate surface area is 113 Å². The Kier molecular flexibility index (Phi) is 9.55. The minimum absolute atomic E-state index is 0.817. The molecule has 1 aromatic carbocycles. The van der Waals surface area contributed by atoms with Gasteiger partial charge in [0, 0.05) is 13.2 Å². The second-order valence-electron chi connectivity index (χ2n) is 4.82. The van der Waals surface area contributed by atoms with Crippen LogP contribution in [0.4, 0.5) is 0 Å². The fourth-order valence-corrected chi connectivity index (χ4v) is 2.09. The van der Waals surface area contributed by atoms with E-state index in [1.165, 1.54) is 50.5 Å². The first-order valence-electron chi connectivity index (χ1n) is 7.34. The number of hydrogen-bond acceptors (Lipinski definition) is 1. The molecule has 0 spiro atoms. The van der Waals surface area contributed by atoms with Gasteiger partial charge in [-0.3, -0.25) is 0 Å². The van der Waals surface area contributed by atoms with Gasteiger partial charge in [0.15, 0.2) is 0 Å². The SMILES string of the molecule is [CH2]CCOCCCCCCCCc1ccccc1. The molecule has 0 aromatic heterocycles. The standard InChI is InChI=1S/C17H27O/c1-2-15-18-16-11-6-4-3-5-8-12-17-13-9-7-10-14-17/h7,9-10,13-14H,1-6,8,11-12,15-16H2. The van der Waals surface area contributed by atoms with Crippen LogP contribution in [0.3, 0.4) is 0 Å². The highest BCUT2D eigenvalue weighted by Gasteiger charge is 1.94. The van der Waals surface area contributed by atoms with Gasteiger partial charge in [0.25, 0.3) is 0 Å². The van der Waals surface area contributed by atoms with Crippen molar-refractivity contribution in [3.8, 4) is 0 Å². The van der Waals surface area contributed by atoms with Crippen LogP contribution in [0.1, 0.15) is 50.5 Å². The Morgan fingerprint density at radius 1 is 0.778 bits per heavy atom. The van der Waals surface area contributed by atoms with E-state index in [1.54, 1.807) is 0 Å². The molecule has 0 saturated heterocycles. The van der Waals surface area contributed by atoms with Gasteiger partial charge in [0.05, 0.1) is 0 Å². The van der Waals surface area contributed by atoms with Crippen molar-refractivity contribution in [1.29, 1.82) is 0 Å². The summed E-state index contributed by atoms with van der Waals surface area (Å²) in [5.41, 5.74) is 1.47. The lowest BCUT2D eigenvalue weighted by atomic mass is 10.1. The fourth-order valence-electron chi connectivity index (χ4n) is 2.09. The summed E-state index contributed by atoms with van der Waals surface area (Å²) in [5.74, 6) is 0. The third-order valence-electron chi connectivity index (χ3n) is 3.14. The van der Waals surface area contributed by atoms with E-state index in [2.05, 4.69) is 37.3 Å². The Morgan fingerprint density at radius 2 is 1.44 bits per heavy atom. The molecule has 1 aromatic rings. The van der Waals surface area contributed by atoms with Gasteiger partial charge in [-0.15, -0.1) is 0 Å². The minimum atomic E-state index is 0.817. The van der Waals surface area contributed by atoms with Gasteiger partial charge in [-0.1, -0.05) is 62.9 Å². The Balaban J connectivity index is 1.82. The number of unbranched alkanes of at least 4 members (excludes halogenated alkanes) is 5. The molecule has 1 radical (unpaired) electrons. The van der Waals surface area contributed by atoms with E-state index in [0.717, 1.165) is 19.6 Å². The van der Waals surface area contributed by atoms with E-state index < -0.39 is 0 Å². The van der Waals surface area contributed by atoms with Crippen molar-refractivity contribution in [2.24, 2.45) is 0 Å². The molecule has 0 atom stereocenters. The molecule has 0 aliphatic heterocycles. The zero-order chi connectivity index (χ0) is 12.9. The maximum absolute atomic E-state index is 5.41. The van der Waals surface area contributed by atoms with Crippen LogP contribution < -0.4 is 0 Å². The summed E-state index contributed by atoms with van der Waals surface area (Å²) in [6.45, 7) is 5.49. The summed E-state index contributed by atoms with van der Waals surface area (Å²) in [4.78, 5) is 0. The first kappa shape index (κ1) is 15.2. The van der Waals surface area contributed by atoms with E-state index in [-0.39, 0.29) is 0 Å². The first-order valence-corrected chi connectivity index (χ1v) is 7.34. The van der Waals surface area contributed by atoms with Crippen LogP contribution >= 0.6 is 0 Å². The Bertz CT molecular complexity index is 268. The topological polar surface area (TPSA) is 9.23 Å². The third kappa shape index (κ3) is 8.30. The molecule has 0 bridgehead atoms. The van der Waals surface area contributed by atoms with Crippen LogP contribution in [0.5, 0.6) is 0 Å². The zero-order valence-electron chi connectivity index (χ0n) is 11.6. The molecule has 0 amide bonds. The van der Waals surface area contributed by atoms with Crippen molar-refractivity contribution < 1.29 is 4.74 Å². The molecule has 0 aliphatic rings. The van der Waals surface area contributed by atoms with E-state index >= 15 is 0 Å². The molecule has 1 rings (SSSR count). The van der Waals surface area contributed by atoms with Crippen molar-refractivity contribution in [2.75, 3.05) is 13.2 Å². The molecule has 1 heteroatoms. The highest BCUT2D eigenvalue weighted by Crippen LogP contribution is 2.09. The summed E-state index contributed by atoms with van der Waals surface area (Å²) in [6, 6.07) is 10.8. The van der Waals surface area contributed by atoms with Gasteiger partial charge < -0.3 is 4.74 Å². The lowest BCUT2D eigenvalue weighted by molar-refractivity contribution is 0.134. The predicted octanol–water partition coefficient (Wildman–Crippen LogP) is 4.81. The van der Waals surface area contributed by atoms with Crippen LogP contribution in [0.25, 0.3) is 0 Å². The van der Waals surface area contributed by atoms with Crippen LogP contribution in [0.2, 0.25) is 0 Å². The average Bonchev–Trinajstić information content (AvgIpc) is 2.42. The fraction of sp³-hybridized carbons (Fsp3) is 0.588. The van der Waals surface area contributed by atoms with E-state index in [1.807, 2.05) is 0 Å². The van der Waals surface area contributed by atoms with Crippen molar-refractivity contribution in [3.63, 3.8) is 0 Å². The van der Waals surface area contributed by atoms with Crippen LogP contribution in [-0.4, -0.2) is 13.2 Å². The molecule has 0 unspecified atom stereocenters. The van der Waals surface area contributed by atoms with Crippen LogP contribution in [-0.2, 0) is 11.2 Å². The summed E-state index contributed by atoms with van der Waals surface area (Å²) in [5, 5.41) is 0. The number of benzene rings is 1. The summed E-state index contributed by atoms with van der Waals surface area (Å²) in [6.07, 6.45) is 10.0. The Morgan fingerprint density at radius 3 is 2.17 bits per heavy atom. The van der Waals surface area contributed by atoms with Gasteiger partial charge in [0.1, 0.15) is 0 Å². The van der Waals surface area contributed by atoms with E-state index in [0.29, 0.717) is 0 Å². The first-order chi connectivity index (χ1) is 8.93. The van der Waals surface area contributed by atoms with Gasteiger partial charge in [-0.2, -0.15) is 0 Å². The summed E-state index contributed by atoms with van der Waals surface area (Å²) >= 11 is 0. The second kappa shape index (κ2) is 11.3. The van der Waals surface area contributed by atoms with Gasteiger partial charge in [-0.05, 0) is 31.2 Å². The molecular weight excluding hydrogens is 220 g/mol. The van der Waals surface area contributed by atoms with Crippen molar-refractivity contribution >= 4 is 0 Å². The number of rotatable bonds is 11. The number of ether oxygens (including phenoxy) is 1. The van der Waals surface area contributed by atoms with E-state index in [9.17, 15) is 0 Å². The highest BCUT2D eigenvalue weighted by molar-refractivity contribution is 5.14. The number of aryl methyl sites for hydroxylation is 1. The number of hydrogen-bond donors (Lipinski definition) is 0. The monoisotopic (exact) mass is 247 g/mol. The van der Waals surface area contributed by atoms with Crippen molar-refractivity contribution in [3.05, 3.63) is 42.8 Å². The van der Waals surface area contributed by atoms with Crippen molar-refractivity contribution in [1.82, 2.24) is 0 Å². The quantitative estimate of drug-likeness (QED) is 0.510. The predicted molar refractivity (Wildman–Crippen MR) is 78.6 cm³/mol. The maximum Gasteiger partial charge on any atom is 0.0466 e. The minimum Gasteiger partial charge on any atom is -0.381 e. The van der Waals surface area contributed by atoms with Crippen LogP contribution in [0.15, 0.2) is 30.3 Å². The lowest BCUT2D eigenvalue weighted by Crippen LogP contribution is -1.95. The van der Waals surface area contributed by atoms with Crippen molar-refractivity contribution in [2.45, 2.75) is 51.4 Å². The normalized spacial score (nSPS) is 10.7.